The fourth-order valence-electron chi connectivity index (χ4n) is 4.07. The van der Waals surface area contributed by atoms with Crippen molar-refractivity contribution in [3.8, 4) is 0 Å². The molecule has 0 saturated carbocycles. The number of piperidine rings is 1. The molecule has 0 aromatic carbocycles. The molecule has 34 heavy (non-hydrogen) atoms. The van der Waals surface area contributed by atoms with Crippen LogP contribution in [0.4, 0.5) is 19.0 Å². The summed E-state index contributed by atoms with van der Waals surface area (Å²) in [5.41, 5.74) is 8.81. The van der Waals surface area contributed by atoms with E-state index in [1.54, 1.807) is 4.98 Å². The minimum atomic E-state index is -4.47. The SMILES string of the molecule is C[C@H]1OCc2c3c(nc(N)c21)COCC3.O=CN1CCCCC1.O=c1cccc(C(F)(F)F)[nH]1. The number of carbonyl (C=O) groups is 1. The topological polar surface area (TPSA) is 111 Å². The van der Waals surface area contributed by atoms with Gasteiger partial charge in [0.2, 0.25) is 12.0 Å². The van der Waals surface area contributed by atoms with Crippen molar-refractivity contribution >= 4 is 12.2 Å². The Kier molecular flexibility index (Phi) is 8.67. The molecule has 8 nitrogen and oxygen atoms in total. The van der Waals surface area contributed by atoms with Crippen LogP contribution in [0.2, 0.25) is 0 Å². The molecule has 2 aromatic heterocycles. The number of alkyl halides is 3. The van der Waals surface area contributed by atoms with Crippen LogP contribution < -0.4 is 11.3 Å². The van der Waals surface area contributed by atoms with E-state index in [9.17, 15) is 22.8 Å². The summed E-state index contributed by atoms with van der Waals surface area (Å²) in [6, 6.07) is 2.89. The van der Waals surface area contributed by atoms with Crippen molar-refractivity contribution in [3.05, 3.63) is 56.6 Å². The number of aromatic amines is 1. The van der Waals surface area contributed by atoms with Gasteiger partial charge in [-0.15, -0.1) is 0 Å². The summed E-state index contributed by atoms with van der Waals surface area (Å²) >= 11 is 0. The number of rotatable bonds is 1. The van der Waals surface area contributed by atoms with Crippen LogP contribution in [0.15, 0.2) is 23.0 Å². The molecule has 3 aliphatic rings. The first-order valence-corrected chi connectivity index (χ1v) is 11.2. The van der Waals surface area contributed by atoms with Gasteiger partial charge < -0.3 is 25.1 Å². The standard InChI is InChI=1S/C11H14N2O2.C6H4F3NO.C6H11NO/c1-6-10-8(4-15-6)7-2-3-14-5-9(7)13-11(10)12;7-6(8,9)4-2-1-3-5(11)10-4;8-6-7-4-2-1-3-5-7/h6H,2-5H2,1H3,(H2,12,13);1-3H,(H,10,11);6H,1-5H2/t6-;;/m1../s1. The number of fused-ring (bicyclic) bond motifs is 3. The predicted octanol–water partition coefficient (Wildman–Crippen LogP) is 3.35. The van der Waals surface area contributed by atoms with E-state index < -0.39 is 17.4 Å². The molecule has 1 fully saturated rings. The third-order valence-corrected chi connectivity index (χ3v) is 5.80. The number of halogens is 3. The number of hydrogen-bond acceptors (Lipinski definition) is 6. The Labute approximate surface area is 195 Å². The summed E-state index contributed by atoms with van der Waals surface area (Å²) in [5.74, 6) is 0.610. The number of likely N-dealkylation sites (tertiary alicyclic amines) is 1. The van der Waals surface area contributed by atoms with E-state index in [2.05, 4.69) is 4.98 Å². The van der Waals surface area contributed by atoms with E-state index in [-0.39, 0.29) is 6.10 Å². The fraction of sp³-hybridized carbons (Fsp3) is 0.522. The highest BCUT2D eigenvalue weighted by Gasteiger charge is 2.31. The Morgan fingerprint density at radius 2 is 1.91 bits per heavy atom. The summed E-state index contributed by atoms with van der Waals surface area (Å²) < 4.78 is 46.4. The highest BCUT2D eigenvalue weighted by atomic mass is 19.4. The molecule has 0 radical (unpaired) electrons. The third-order valence-electron chi connectivity index (χ3n) is 5.80. The molecule has 5 rings (SSSR count). The number of pyridine rings is 2. The molecule has 1 amide bonds. The number of nitrogens with one attached hydrogen (secondary N) is 1. The Hall–Kier alpha value is -2.92. The van der Waals surface area contributed by atoms with Gasteiger partial charge in [-0.1, -0.05) is 6.07 Å². The number of aromatic nitrogens is 2. The smallest absolute Gasteiger partial charge is 0.383 e. The zero-order valence-corrected chi connectivity index (χ0v) is 19.0. The van der Waals surface area contributed by atoms with Crippen LogP contribution in [0.5, 0.6) is 0 Å². The van der Waals surface area contributed by atoms with Gasteiger partial charge in [-0.25, -0.2) is 4.98 Å². The van der Waals surface area contributed by atoms with Crippen LogP contribution in [-0.2, 0) is 40.1 Å². The monoisotopic (exact) mass is 482 g/mol. The number of nitrogens with zero attached hydrogens (tertiary/aromatic N) is 2. The third kappa shape index (κ3) is 6.57. The van der Waals surface area contributed by atoms with Crippen LogP contribution in [-0.4, -0.2) is 41.0 Å². The van der Waals surface area contributed by atoms with E-state index in [1.807, 2.05) is 11.8 Å². The van der Waals surface area contributed by atoms with Crippen molar-refractivity contribution in [2.24, 2.45) is 0 Å². The normalized spacial score (nSPS) is 19.1. The fourth-order valence-corrected chi connectivity index (χ4v) is 4.07. The maximum absolute atomic E-state index is 11.8. The molecule has 1 atom stereocenters. The van der Waals surface area contributed by atoms with Gasteiger partial charge in [0.1, 0.15) is 11.5 Å². The van der Waals surface area contributed by atoms with Gasteiger partial charge in [-0.05, 0) is 49.8 Å². The molecule has 2 aromatic rings. The number of ether oxygens (including phenoxy) is 2. The lowest BCUT2D eigenvalue weighted by Gasteiger charge is -2.21. The summed E-state index contributed by atoms with van der Waals surface area (Å²) in [6.07, 6.45) is 1.17. The van der Waals surface area contributed by atoms with Crippen LogP contribution in [0.3, 0.4) is 0 Å². The van der Waals surface area contributed by atoms with E-state index in [4.69, 9.17) is 15.2 Å². The number of hydrogen-bond donors (Lipinski definition) is 2. The molecule has 0 unspecified atom stereocenters. The number of nitrogens with two attached hydrogens (primary N) is 1. The van der Waals surface area contributed by atoms with Crippen molar-refractivity contribution in [2.75, 3.05) is 25.4 Å². The van der Waals surface area contributed by atoms with Crippen LogP contribution in [0.25, 0.3) is 0 Å². The molecule has 5 heterocycles. The predicted molar refractivity (Wildman–Crippen MR) is 119 cm³/mol. The summed E-state index contributed by atoms with van der Waals surface area (Å²) in [6.45, 7) is 6.01. The quantitative estimate of drug-likeness (QED) is 0.604. The molecular formula is C23H29F3N4O4. The summed E-state index contributed by atoms with van der Waals surface area (Å²) in [4.78, 5) is 28.4. The number of anilines is 1. The van der Waals surface area contributed by atoms with Gasteiger partial charge in [-0.2, -0.15) is 13.2 Å². The molecule has 0 spiro atoms. The first kappa shape index (κ1) is 25.7. The van der Waals surface area contributed by atoms with Gasteiger partial charge in [0, 0.05) is 24.7 Å². The van der Waals surface area contributed by atoms with Crippen molar-refractivity contribution in [1.29, 1.82) is 0 Å². The zero-order chi connectivity index (χ0) is 24.7. The first-order chi connectivity index (χ1) is 16.2. The summed E-state index contributed by atoms with van der Waals surface area (Å²) in [7, 11) is 0. The zero-order valence-electron chi connectivity index (χ0n) is 19.0. The van der Waals surface area contributed by atoms with Gasteiger partial charge >= 0.3 is 6.18 Å². The Bertz CT molecular complexity index is 1040. The molecule has 0 aliphatic carbocycles. The molecule has 3 aliphatic heterocycles. The number of amides is 1. The molecule has 3 N–H and O–H groups in total. The second-order valence-corrected chi connectivity index (χ2v) is 8.20. The second kappa shape index (κ2) is 11.5. The Balaban J connectivity index is 0.000000151. The molecular weight excluding hydrogens is 453 g/mol. The highest BCUT2D eigenvalue weighted by Crippen LogP contribution is 2.38. The van der Waals surface area contributed by atoms with Gasteiger partial charge in [-0.3, -0.25) is 9.59 Å². The molecule has 186 valence electrons. The van der Waals surface area contributed by atoms with Crippen LogP contribution in [0.1, 0.15) is 60.4 Å². The average molecular weight is 483 g/mol. The number of H-pyrrole nitrogens is 1. The van der Waals surface area contributed by atoms with Gasteiger partial charge in [0.05, 0.1) is 31.6 Å². The van der Waals surface area contributed by atoms with E-state index in [1.165, 1.54) is 30.4 Å². The van der Waals surface area contributed by atoms with E-state index >= 15 is 0 Å². The second-order valence-electron chi connectivity index (χ2n) is 8.20. The number of carbonyl (C=O) groups excluding carboxylic acids is 1. The lowest BCUT2D eigenvalue weighted by molar-refractivity contribution is -0.141. The van der Waals surface area contributed by atoms with E-state index in [0.717, 1.165) is 62.0 Å². The largest absolute Gasteiger partial charge is 0.431 e. The van der Waals surface area contributed by atoms with Crippen molar-refractivity contribution in [2.45, 2.75) is 58.1 Å². The van der Waals surface area contributed by atoms with Crippen molar-refractivity contribution in [3.63, 3.8) is 0 Å². The Morgan fingerprint density at radius 1 is 1.18 bits per heavy atom. The molecule has 11 heteroatoms. The van der Waals surface area contributed by atoms with Gasteiger partial charge in [0.25, 0.3) is 0 Å². The van der Waals surface area contributed by atoms with Crippen molar-refractivity contribution < 1.29 is 27.4 Å². The van der Waals surface area contributed by atoms with Gasteiger partial charge in [0.15, 0.2) is 0 Å². The Morgan fingerprint density at radius 3 is 2.50 bits per heavy atom. The summed E-state index contributed by atoms with van der Waals surface area (Å²) in [5, 5.41) is 0. The lowest BCUT2D eigenvalue weighted by atomic mass is 9.97. The van der Waals surface area contributed by atoms with Crippen LogP contribution >= 0.6 is 0 Å². The highest BCUT2D eigenvalue weighted by molar-refractivity contribution is 5.53. The molecule has 1 saturated heterocycles. The molecule has 0 bridgehead atoms. The van der Waals surface area contributed by atoms with Crippen molar-refractivity contribution in [1.82, 2.24) is 14.9 Å². The minimum Gasteiger partial charge on any atom is -0.383 e. The first-order valence-electron chi connectivity index (χ1n) is 11.2. The maximum atomic E-state index is 11.8. The number of nitrogen functional groups attached to an aromatic ring is 1. The lowest BCUT2D eigenvalue weighted by Crippen LogP contribution is -2.27. The minimum absolute atomic E-state index is 0.0839. The van der Waals surface area contributed by atoms with E-state index in [0.29, 0.717) is 19.0 Å². The maximum Gasteiger partial charge on any atom is 0.431 e. The average Bonchev–Trinajstić information content (AvgIpc) is 3.22. The van der Waals surface area contributed by atoms with Crippen LogP contribution in [0, 0.1) is 0 Å².